The number of fused-ring (bicyclic) bond motifs is 1. The molecular weight excluding hydrogens is 286 g/mol. The van der Waals surface area contributed by atoms with Gasteiger partial charge in [0.25, 0.3) is 0 Å². The maximum absolute atomic E-state index is 9.15. The smallest absolute Gasteiger partial charge is 0.156 e. The second-order valence-corrected chi connectivity index (χ2v) is 6.61. The summed E-state index contributed by atoms with van der Waals surface area (Å²) in [6.07, 6.45) is 10.2. The largest absolute Gasteiger partial charge is 0.291 e. The summed E-state index contributed by atoms with van der Waals surface area (Å²) >= 11 is 0. The standard InChI is InChI=1S/C19H21N3O/c1-3-17(21-23)14-10-16-11-19(16,20-12-14)22-18(8-9-18)15-6-4-13(2)5-7-15/h3-7,10-12,21-23H,8-9H2,1-2H3/t19-/m1/s1. The van der Waals surface area contributed by atoms with Crippen LogP contribution in [0.15, 0.2) is 64.3 Å². The van der Waals surface area contributed by atoms with Crippen LogP contribution in [0.2, 0.25) is 0 Å². The molecule has 1 saturated carbocycles. The summed E-state index contributed by atoms with van der Waals surface area (Å²) in [4.78, 5) is 4.71. The Bertz CT molecular complexity index is 766. The summed E-state index contributed by atoms with van der Waals surface area (Å²) in [6, 6.07) is 8.78. The average molecular weight is 307 g/mol. The van der Waals surface area contributed by atoms with Crippen LogP contribution in [0.5, 0.6) is 0 Å². The molecule has 1 aromatic rings. The first-order chi connectivity index (χ1) is 11.1. The summed E-state index contributed by atoms with van der Waals surface area (Å²) in [5.41, 5.74) is 7.29. The molecule has 0 bridgehead atoms. The Kier molecular flexibility index (Phi) is 3.08. The molecule has 23 heavy (non-hydrogen) atoms. The second kappa shape index (κ2) is 4.91. The van der Waals surface area contributed by atoms with Crippen molar-refractivity contribution in [2.24, 2.45) is 4.99 Å². The van der Waals surface area contributed by atoms with Gasteiger partial charge in [-0.3, -0.25) is 21.0 Å². The maximum atomic E-state index is 9.15. The highest BCUT2D eigenvalue weighted by molar-refractivity contribution is 5.90. The van der Waals surface area contributed by atoms with Gasteiger partial charge in [0.15, 0.2) is 5.66 Å². The van der Waals surface area contributed by atoms with Crippen molar-refractivity contribution in [1.82, 2.24) is 10.8 Å². The topological polar surface area (TPSA) is 56.6 Å². The lowest BCUT2D eigenvalue weighted by Gasteiger charge is -2.26. The zero-order valence-corrected chi connectivity index (χ0v) is 13.4. The molecule has 4 rings (SSSR count). The van der Waals surface area contributed by atoms with Gasteiger partial charge in [-0.25, -0.2) is 0 Å². The minimum Gasteiger partial charge on any atom is -0.291 e. The first-order valence-electron chi connectivity index (χ1n) is 8.04. The third-order valence-corrected chi connectivity index (χ3v) is 4.94. The molecule has 0 saturated heterocycles. The fourth-order valence-corrected chi connectivity index (χ4v) is 3.26. The van der Waals surface area contributed by atoms with Crippen molar-refractivity contribution in [3.05, 3.63) is 70.5 Å². The van der Waals surface area contributed by atoms with E-state index in [0.717, 1.165) is 18.4 Å². The van der Waals surface area contributed by atoms with Crippen molar-refractivity contribution in [2.75, 3.05) is 0 Å². The molecule has 1 fully saturated rings. The normalized spacial score (nSPS) is 27.0. The van der Waals surface area contributed by atoms with Gasteiger partial charge in [0.2, 0.25) is 0 Å². The lowest BCUT2D eigenvalue weighted by Crippen LogP contribution is -2.42. The molecule has 3 N–H and O–H groups in total. The van der Waals surface area contributed by atoms with Crippen LogP contribution in [0, 0.1) is 6.92 Å². The molecular formula is C19H21N3O. The first-order valence-corrected chi connectivity index (χ1v) is 8.04. The molecule has 0 spiro atoms. The van der Waals surface area contributed by atoms with E-state index in [1.807, 2.05) is 19.2 Å². The Morgan fingerprint density at radius 1 is 1.26 bits per heavy atom. The lowest BCUT2D eigenvalue weighted by atomic mass is 10.0. The van der Waals surface area contributed by atoms with E-state index in [0.29, 0.717) is 5.70 Å². The number of hydroxylamine groups is 1. The summed E-state index contributed by atoms with van der Waals surface area (Å²) in [6.45, 7) is 3.99. The van der Waals surface area contributed by atoms with E-state index in [9.17, 15) is 0 Å². The van der Waals surface area contributed by atoms with Crippen molar-refractivity contribution in [1.29, 1.82) is 0 Å². The number of nitrogens with zero attached hydrogens (tertiary/aromatic N) is 1. The van der Waals surface area contributed by atoms with Crippen LogP contribution < -0.4 is 10.8 Å². The average Bonchev–Trinajstić information content (AvgIpc) is 3.46. The summed E-state index contributed by atoms with van der Waals surface area (Å²) in [5, 5.41) is 12.9. The van der Waals surface area contributed by atoms with Crippen molar-refractivity contribution >= 4 is 6.21 Å². The summed E-state index contributed by atoms with van der Waals surface area (Å²) < 4.78 is 0. The fraction of sp³-hybridized carbons (Fsp3) is 0.316. The number of nitrogens with one attached hydrogen (secondary N) is 2. The monoisotopic (exact) mass is 307 g/mol. The SMILES string of the molecule is CC=C(NO)C1=CC2=C[C@]2(NC2(c3ccc(C)cc3)CC2)N=C1. The molecule has 0 aromatic heterocycles. The summed E-state index contributed by atoms with van der Waals surface area (Å²) in [7, 11) is 0. The number of benzene rings is 1. The number of allylic oxidation sites excluding steroid dienone is 2. The maximum Gasteiger partial charge on any atom is 0.156 e. The molecule has 0 unspecified atom stereocenters. The Morgan fingerprint density at radius 3 is 2.57 bits per heavy atom. The van der Waals surface area contributed by atoms with Crippen molar-refractivity contribution < 1.29 is 5.21 Å². The zero-order valence-electron chi connectivity index (χ0n) is 13.4. The zero-order chi connectivity index (χ0) is 16.1. The number of hydrogen-bond acceptors (Lipinski definition) is 4. The molecule has 0 amide bonds. The third-order valence-electron chi connectivity index (χ3n) is 4.94. The Labute approximate surface area is 136 Å². The molecule has 1 heterocycles. The van der Waals surface area contributed by atoms with E-state index < -0.39 is 0 Å². The molecule has 4 heteroatoms. The van der Waals surface area contributed by atoms with E-state index >= 15 is 0 Å². The highest BCUT2D eigenvalue weighted by Crippen LogP contribution is 2.52. The Hall–Kier alpha value is -2.17. The Balaban J connectivity index is 1.53. The van der Waals surface area contributed by atoms with Gasteiger partial charge < -0.3 is 0 Å². The quantitative estimate of drug-likeness (QED) is 0.733. The van der Waals surface area contributed by atoms with Gasteiger partial charge in [0.05, 0.1) is 5.70 Å². The minimum atomic E-state index is -0.348. The van der Waals surface area contributed by atoms with Crippen LogP contribution in [0.25, 0.3) is 0 Å². The molecule has 1 aromatic carbocycles. The van der Waals surface area contributed by atoms with Crippen LogP contribution in [0.3, 0.4) is 0 Å². The van der Waals surface area contributed by atoms with Gasteiger partial charge in [-0.15, -0.1) is 0 Å². The highest BCUT2D eigenvalue weighted by atomic mass is 16.5. The summed E-state index contributed by atoms with van der Waals surface area (Å²) in [5.74, 6) is 0. The minimum absolute atomic E-state index is 0.0489. The van der Waals surface area contributed by atoms with Gasteiger partial charge in [-0.05, 0) is 50.0 Å². The van der Waals surface area contributed by atoms with E-state index in [2.05, 4.69) is 54.1 Å². The highest BCUT2D eigenvalue weighted by Gasteiger charge is 2.55. The number of aliphatic imine (C=N–C) groups is 1. The molecule has 0 radical (unpaired) electrons. The van der Waals surface area contributed by atoms with Gasteiger partial charge in [0.1, 0.15) is 0 Å². The number of rotatable bonds is 5. The van der Waals surface area contributed by atoms with Crippen LogP contribution in [-0.4, -0.2) is 17.1 Å². The van der Waals surface area contributed by atoms with E-state index in [4.69, 9.17) is 10.2 Å². The predicted octanol–water partition coefficient (Wildman–Crippen LogP) is 3.10. The second-order valence-electron chi connectivity index (χ2n) is 6.61. The van der Waals surface area contributed by atoms with Crippen molar-refractivity contribution in [3.8, 4) is 0 Å². The van der Waals surface area contributed by atoms with Crippen LogP contribution in [0.1, 0.15) is 30.9 Å². The van der Waals surface area contributed by atoms with Gasteiger partial charge >= 0.3 is 0 Å². The molecule has 2 aliphatic carbocycles. The van der Waals surface area contributed by atoms with Crippen molar-refractivity contribution in [3.63, 3.8) is 0 Å². The van der Waals surface area contributed by atoms with Crippen LogP contribution in [0.4, 0.5) is 0 Å². The third kappa shape index (κ3) is 2.35. The number of hydrogen-bond donors (Lipinski definition) is 3. The predicted molar refractivity (Wildman–Crippen MR) is 91.3 cm³/mol. The molecule has 3 aliphatic rings. The van der Waals surface area contributed by atoms with Gasteiger partial charge in [-0.1, -0.05) is 35.9 Å². The van der Waals surface area contributed by atoms with Gasteiger partial charge in [0, 0.05) is 17.3 Å². The van der Waals surface area contributed by atoms with E-state index in [-0.39, 0.29) is 11.2 Å². The van der Waals surface area contributed by atoms with Crippen LogP contribution >= 0.6 is 0 Å². The molecule has 1 aliphatic heterocycles. The first kappa shape index (κ1) is 14.4. The molecule has 4 nitrogen and oxygen atoms in total. The molecule has 118 valence electrons. The van der Waals surface area contributed by atoms with Crippen LogP contribution in [-0.2, 0) is 5.54 Å². The molecule has 1 atom stereocenters. The van der Waals surface area contributed by atoms with Crippen molar-refractivity contribution in [2.45, 2.75) is 37.9 Å². The van der Waals surface area contributed by atoms with Gasteiger partial charge in [-0.2, -0.15) is 0 Å². The Morgan fingerprint density at radius 2 is 2.00 bits per heavy atom. The number of aryl methyl sites for hydroxylation is 1. The fourth-order valence-electron chi connectivity index (χ4n) is 3.26. The van der Waals surface area contributed by atoms with E-state index in [1.165, 1.54) is 16.7 Å². The van der Waals surface area contributed by atoms with E-state index in [1.54, 1.807) is 0 Å². The lowest BCUT2D eigenvalue weighted by molar-refractivity contribution is 0.204. The number of dihydropyridines is 1.